The maximum absolute atomic E-state index is 12.6. The first-order valence-electron chi connectivity index (χ1n) is 7.71. The third-order valence-electron chi connectivity index (χ3n) is 3.45. The molecule has 0 fully saturated rings. The molecule has 0 spiro atoms. The SMILES string of the molecule is CCCc1nnc(Oc2c(C)cc(-c3noc(C(F)F)n3)cc2C)s1. The van der Waals surface area contributed by atoms with Gasteiger partial charge in [0.1, 0.15) is 10.8 Å². The molecule has 0 radical (unpaired) electrons. The minimum Gasteiger partial charge on any atom is -0.429 e. The van der Waals surface area contributed by atoms with E-state index in [0.29, 0.717) is 16.5 Å². The fourth-order valence-electron chi connectivity index (χ4n) is 2.36. The number of hydrogen-bond donors (Lipinski definition) is 0. The number of halogens is 2. The van der Waals surface area contributed by atoms with Crippen LogP contribution in [0.4, 0.5) is 8.78 Å². The Morgan fingerprint density at radius 3 is 2.52 bits per heavy atom. The molecule has 2 heterocycles. The Bertz CT molecular complexity index is 856. The fourth-order valence-corrected chi connectivity index (χ4v) is 3.16. The van der Waals surface area contributed by atoms with E-state index < -0.39 is 12.3 Å². The zero-order valence-corrected chi connectivity index (χ0v) is 14.7. The Labute approximate surface area is 146 Å². The molecule has 0 unspecified atom stereocenters. The third kappa shape index (κ3) is 3.81. The van der Waals surface area contributed by atoms with Crippen LogP contribution in [0.2, 0.25) is 0 Å². The van der Waals surface area contributed by atoms with Crippen molar-refractivity contribution in [3.63, 3.8) is 0 Å². The summed E-state index contributed by atoms with van der Waals surface area (Å²) in [6.07, 6.45) is -0.935. The van der Waals surface area contributed by atoms with Gasteiger partial charge in [0.2, 0.25) is 5.82 Å². The Balaban J connectivity index is 1.86. The minimum absolute atomic E-state index is 0.120. The molecule has 0 amide bonds. The van der Waals surface area contributed by atoms with Gasteiger partial charge in [-0.25, -0.2) is 0 Å². The van der Waals surface area contributed by atoms with Crippen molar-refractivity contribution in [3.8, 4) is 22.3 Å². The van der Waals surface area contributed by atoms with Crippen LogP contribution < -0.4 is 4.74 Å². The van der Waals surface area contributed by atoms with Crippen molar-refractivity contribution in [2.45, 2.75) is 40.0 Å². The zero-order valence-electron chi connectivity index (χ0n) is 13.9. The van der Waals surface area contributed by atoms with E-state index in [-0.39, 0.29) is 5.82 Å². The van der Waals surface area contributed by atoms with Crippen LogP contribution >= 0.6 is 11.3 Å². The highest BCUT2D eigenvalue weighted by molar-refractivity contribution is 7.13. The number of rotatable bonds is 6. The first-order valence-corrected chi connectivity index (χ1v) is 8.53. The lowest BCUT2D eigenvalue weighted by atomic mass is 10.1. The largest absolute Gasteiger partial charge is 0.429 e. The van der Waals surface area contributed by atoms with Gasteiger partial charge in [0, 0.05) is 12.0 Å². The molecule has 0 aliphatic heterocycles. The average Bonchev–Trinajstić information content (AvgIpc) is 3.20. The summed E-state index contributed by atoms with van der Waals surface area (Å²) in [5, 5.41) is 13.1. The summed E-state index contributed by atoms with van der Waals surface area (Å²) in [6, 6.07) is 3.52. The average molecular weight is 366 g/mol. The number of ether oxygens (including phenoxy) is 1. The number of hydrogen-bond acceptors (Lipinski definition) is 7. The summed E-state index contributed by atoms with van der Waals surface area (Å²) in [4.78, 5) is 3.71. The van der Waals surface area contributed by atoms with Crippen molar-refractivity contribution < 1.29 is 18.0 Å². The molecule has 0 aliphatic rings. The molecule has 25 heavy (non-hydrogen) atoms. The maximum atomic E-state index is 12.6. The monoisotopic (exact) mass is 366 g/mol. The predicted molar refractivity (Wildman–Crippen MR) is 88.1 cm³/mol. The van der Waals surface area contributed by atoms with Crippen molar-refractivity contribution in [2.24, 2.45) is 0 Å². The van der Waals surface area contributed by atoms with Gasteiger partial charge in [-0.05, 0) is 43.5 Å². The van der Waals surface area contributed by atoms with Crippen molar-refractivity contribution >= 4 is 11.3 Å². The number of nitrogens with zero attached hydrogens (tertiary/aromatic N) is 4. The summed E-state index contributed by atoms with van der Waals surface area (Å²) in [7, 11) is 0. The summed E-state index contributed by atoms with van der Waals surface area (Å²) in [6.45, 7) is 5.79. The first-order chi connectivity index (χ1) is 12.0. The summed E-state index contributed by atoms with van der Waals surface area (Å²) in [5.41, 5.74) is 2.21. The first kappa shape index (κ1) is 17.4. The van der Waals surface area contributed by atoms with Crippen molar-refractivity contribution in [1.82, 2.24) is 20.3 Å². The van der Waals surface area contributed by atoms with Crippen LogP contribution in [0.3, 0.4) is 0 Å². The minimum atomic E-state index is -2.79. The summed E-state index contributed by atoms with van der Waals surface area (Å²) in [5.74, 6) is 0.0812. The highest BCUT2D eigenvalue weighted by Crippen LogP contribution is 2.34. The van der Waals surface area contributed by atoms with Gasteiger partial charge in [-0.15, -0.1) is 5.10 Å². The summed E-state index contributed by atoms with van der Waals surface area (Å²) >= 11 is 1.41. The van der Waals surface area contributed by atoms with E-state index in [9.17, 15) is 8.78 Å². The third-order valence-corrected chi connectivity index (χ3v) is 4.31. The van der Waals surface area contributed by atoms with Crippen LogP contribution in [0, 0.1) is 13.8 Å². The maximum Gasteiger partial charge on any atom is 0.315 e. The van der Waals surface area contributed by atoms with Gasteiger partial charge in [0.15, 0.2) is 0 Å². The van der Waals surface area contributed by atoms with Gasteiger partial charge < -0.3 is 9.26 Å². The van der Waals surface area contributed by atoms with E-state index in [1.165, 1.54) is 11.3 Å². The second-order valence-electron chi connectivity index (χ2n) is 5.51. The Morgan fingerprint density at radius 1 is 1.20 bits per heavy atom. The molecule has 0 bridgehead atoms. The number of aromatic nitrogens is 4. The molecule has 3 rings (SSSR count). The van der Waals surface area contributed by atoms with Gasteiger partial charge in [0.05, 0.1) is 0 Å². The van der Waals surface area contributed by atoms with E-state index in [1.54, 1.807) is 12.1 Å². The van der Waals surface area contributed by atoms with Crippen LogP contribution in [-0.4, -0.2) is 20.3 Å². The van der Waals surface area contributed by atoms with Gasteiger partial charge in [-0.2, -0.15) is 13.8 Å². The second kappa shape index (κ2) is 7.22. The molecule has 2 aromatic heterocycles. The standard InChI is InChI=1S/C16H16F2N4O2S/c1-4-5-11-20-21-16(25-11)23-12-8(2)6-10(7-9(12)3)14-19-15(13(17)18)24-22-14/h6-7,13H,4-5H2,1-3H3. The summed E-state index contributed by atoms with van der Waals surface area (Å²) < 4.78 is 35.6. The van der Waals surface area contributed by atoms with Crippen molar-refractivity contribution in [2.75, 3.05) is 0 Å². The molecule has 9 heteroatoms. The molecule has 0 saturated carbocycles. The number of aryl methyl sites for hydroxylation is 3. The van der Waals surface area contributed by atoms with Gasteiger partial charge in [0.25, 0.3) is 11.1 Å². The van der Waals surface area contributed by atoms with E-state index in [0.717, 1.165) is 29.0 Å². The van der Waals surface area contributed by atoms with Crippen LogP contribution in [0.15, 0.2) is 16.7 Å². The molecule has 0 N–H and O–H groups in total. The molecule has 0 aliphatic carbocycles. The van der Waals surface area contributed by atoms with Crippen LogP contribution in [0.1, 0.15) is 41.8 Å². The molecular formula is C16H16F2N4O2S. The Morgan fingerprint density at radius 2 is 1.92 bits per heavy atom. The lowest BCUT2D eigenvalue weighted by molar-refractivity contribution is 0.106. The molecular weight excluding hydrogens is 350 g/mol. The van der Waals surface area contributed by atoms with E-state index >= 15 is 0 Å². The van der Waals surface area contributed by atoms with Gasteiger partial charge in [-0.1, -0.05) is 28.5 Å². The van der Waals surface area contributed by atoms with Crippen LogP contribution in [-0.2, 0) is 6.42 Å². The molecule has 3 aromatic rings. The highest BCUT2D eigenvalue weighted by atomic mass is 32.1. The molecule has 132 valence electrons. The van der Waals surface area contributed by atoms with E-state index in [1.807, 2.05) is 13.8 Å². The quantitative estimate of drug-likeness (QED) is 0.618. The molecule has 1 aromatic carbocycles. The Kier molecular flexibility index (Phi) is 5.03. The highest BCUT2D eigenvalue weighted by Gasteiger charge is 2.19. The van der Waals surface area contributed by atoms with Gasteiger partial charge >= 0.3 is 6.43 Å². The second-order valence-corrected chi connectivity index (χ2v) is 6.53. The van der Waals surface area contributed by atoms with Crippen LogP contribution in [0.25, 0.3) is 11.4 Å². The van der Waals surface area contributed by atoms with Crippen molar-refractivity contribution in [3.05, 3.63) is 34.2 Å². The predicted octanol–water partition coefficient (Wildman–Crippen LogP) is 4.89. The van der Waals surface area contributed by atoms with Crippen molar-refractivity contribution in [1.29, 1.82) is 0 Å². The van der Waals surface area contributed by atoms with E-state index in [4.69, 9.17) is 4.74 Å². The zero-order chi connectivity index (χ0) is 18.0. The number of alkyl halides is 2. The topological polar surface area (TPSA) is 73.9 Å². The smallest absolute Gasteiger partial charge is 0.315 e. The normalized spacial score (nSPS) is 11.3. The molecule has 6 nitrogen and oxygen atoms in total. The fraction of sp³-hybridized carbons (Fsp3) is 0.375. The van der Waals surface area contributed by atoms with E-state index in [2.05, 4.69) is 31.8 Å². The lowest BCUT2D eigenvalue weighted by Gasteiger charge is -2.10. The van der Waals surface area contributed by atoms with Crippen LogP contribution in [0.5, 0.6) is 10.9 Å². The molecule has 0 atom stereocenters. The lowest BCUT2D eigenvalue weighted by Crippen LogP contribution is -1.93. The molecule has 0 saturated heterocycles. The number of benzene rings is 1. The van der Waals surface area contributed by atoms with Gasteiger partial charge in [-0.3, -0.25) is 0 Å². The Hall–Kier alpha value is -2.42.